The van der Waals surface area contributed by atoms with Gasteiger partial charge < -0.3 is 14.5 Å². The molecule has 0 bridgehead atoms. The Morgan fingerprint density at radius 1 is 1.50 bits per heavy atom. The molecule has 1 aromatic rings. The first kappa shape index (κ1) is 10.7. The van der Waals surface area contributed by atoms with Crippen LogP contribution in [0.3, 0.4) is 0 Å². The number of benzene rings is 1. The lowest BCUT2D eigenvalue weighted by molar-refractivity contribution is -0.126. The zero-order chi connectivity index (χ0) is 11.4. The molecule has 0 aromatic heterocycles. The molecule has 1 aliphatic heterocycles. The van der Waals surface area contributed by atoms with Crippen LogP contribution in [-0.4, -0.2) is 31.8 Å². The fourth-order valence-electron chi connectivity index (χ4n) is 1.49. The normalized spacial score (nSPS) is 18.7. The van der Waals surface area contributed by atoms with E-state index in [2.05, 4.69) is 4.99 Å². The van der Waals surface area contributed by atoms with Gasteiger partial charge in [-0.05, 0) is 12.1 Å². The molecule has 1 aromatic carbocycles. The third-order valence-corrected chi connectivity index (χ3v) is 2.34. The SMILES string of the molecule is CN=CCC(=O)C1COc2ccccc2O1. The highest BCUT2D eigenvalue weighted by molar-refractivity contribution is 5.94. The van der Waals surface area contributed by atoms with Gasteiger partial charge in [-0.25, -0.2) is 0 Å². The lowest BCUT2D eigenvalue weighted by Crippen LogP contribution is -2.36. The van der Waals surface area contributed by atoms with Crippen LogP contribution in [0, 0.1) is 0 Å². The predicted molar refractivity (Wildman–Crippen MR) is 60.4 cm³/mol. The zero-order valence-electron chi connectivity index (χ0n) is 9.05. The van der Waals surface area contributed by atoms with Gasteiger partial charge in [-0.15, -0.1) is 0 Å². The maximum Gasteiger partial charge on any atom is 0.191 e. The third-order valence-electron chi connectivity index (χ3n) is 2.34. The summed E-state index contributed by atoms with van der Waals surface area (Å²) >= 11 is 0. The van der Waals surface area contributed by atoms with Gasteiger partial charge in [0.2, 0.25) is 0 Å². The lowest BCUT2D eigenvalue weighted by Gasteiger charge is -2.25. The number of ketones is 1. The molecule has 1 heterocycles. The van der Waals surface area contributed by atoms with E-state index in [0.717, 1.165) is 0 Å². The second-order valence-electron chi connectivity index (χ2n) is 3.48. The van der Waals surface area contributed by atoms with Gasteiger partial charge in [0.15, 0.2) is 23.4 Å². The summed E-state index contributed by atoms with van der Waals surface area (Å²) in [4.78, 5) is 15.4. The monoisotopic (exact) mass is 219 g/mol. The number of carbonyl (C=O) groups excluding carboxylic acids is 1. The van der Waals surface area contributed by atoms with Crippen molar-refractivity contribution < 1.29 is 14.3 Å². The van der Waals surface area contributed by atoms with E-state index in [1.165, 1.54) is 0 Å². The van der Waals surface area contributed by atoms with E-state index in [-0.39, 0.29) is 18.8 Å². The summed E-state index contributed by atoms with van der Waals surface area (Å²) in [6.07, 6.45) is 1.34. The molecule has 0 saturated heterocycles. The Hall–Kier alpha value is -1.84. The Bertz CT molecular complexity index is 414. The van der Waals surface area contributed by atoms with Crippen LogP contribution in [-0.2, 0) is 4.79 Å². The minimum atomic E-state index is -0.520. The van der Waals surface area contributed by atoms with Crippen LogP contribution in [0.5, 0.6) is 11.5 Å². The van der Waals surface area contributed by atoms with E-state index in [4.69, 9.17) is 9.47 Å². The Labute approximate surface area is 93.9 Å². The van der Waals surface area contributed by atoms with Crippen LogP contribution in [0.4, 0.5) is 0 Å². The zero-order valence-corrected chi connectivity index (χ0v) is 9.05. The molecule has 0 amide bonds. The van der Waals surface area contributed by atoms with E-state index >= 15 is 0 Å². The molecule has 0 aliphatic carbocycles. The summed E-state index contributed by atoms with van der Waals surface area (Å²) in [5.74, 6) is 1.30. The third kappa shape index (κ3) is 2.21. The molecule has 1 atom stereocenters. The standard InChI is InChI=1S/C12H13NO3/c1-13-7-6-9(14)12-8-15-10-4-2-3-5-11(10)16-12/h2-5,7,12H,6,8H2,1H3. The van der Waals surface area contributed by atoms with Gasteiger partial charge in [0.1, 0.15) is 6.61 Å². The van der Waals surface area contributed by atoms with Crippen LogP contribution >= 0.6 is 0 Å². The van der Waals surface area contributed by atoms with Crippen molar-refractivity contribution in [2.24, 2.45) is 4.99 Å². The number of para-hydroxylation sites is 2. The van der Waals surface area contributed by atoms with Gasteiger partial charge in [-0.3, -0.25) is 4.79 Å². The molecule has 0 saturated carbocycles. The topological polar surface area (TPSA) is 47.9 Å². The average molecular weight is 219 g/mol. The number of carbonyl (C=O) groups is 1. The first-order chi connectivity index (χ1) is 7.81. The lowest BCUT2D eigenvalue weighted by atomic mass is 10.1. The van der Waals surface area contributed by atoms with Gasteiger partial charge >= 0.3 is 0 Å². The molecule has 0 radical (unpaired) electrons. The summed E-state index contributed by atoms with van der Waals surface area (Å²) in [6, 6.07) is 7.34. The highest BCUT2D eigenvalue weighted by Crippen LogP contribution is 2.31. The van der Waals surface area contributed by atoms with E-state index in [1.807, 2.05) is 18.2 Å². The first-order valence-electron chi connectivity index (χ1n) is 5.13. The quantitative estimate of drug-likeness (QED) is 0.723. The second-order valence-corrected chi connectivity index (χ2v) is 3.48. The van der Waals surface area contributed by atoms with Crippen molar-refractivity contribution in [2.75, 3.05) is 13.7 Å². The van der Waals surface area contributed by atoms with Crippen LogP contribution in [0.15, 0.2) is 29.3 Å². The van der Waals surface area contributed by atoms with Crippen LogP contribution in [0.2, 0.25) is 0 Å². The van der Waals surface area contributed by atoms with E-state index in [0.29, 0.717) is 11.5 Å². The predicted octanol–water partition coefficient (Wildman–Crippen LogP) is 1.49. The van der Waals surface area contributed by atoms with E-state index < -0.39 is 6.10 Å². The van der Waals surface area contributed by atoms with Gasteiger partial charge in [0.25, 0.3) is 0 Å². The maximum atomic E-state index is 11.7. The number of rotatable bonds is 3. The molecule has 4 nitrogen and oxygen atoms in total. The highest BCUT2D eigenvalue weighted by atomic mass is 16.6. The number of Topliss-reactive ketones (excluding diaryl/α,β-unsaturated/α-hetero) is 1. The van der Waals surface area contributed by atoms with Gasteiger partial charge in [-0.2, -0.15) is 0 Å². The van der Waals surface area contributed by atoms with Crippen molar-refractivity contribution in [3.63, 3.8) is 0 Å². The average Bonchev–Trinajstić information content (AvgIpc) is 2.35. The van der Waals surface area contributed by atoms with Gasteiger partial charge in [0, 0.05) is 19.7 Å². The molecule has 84 valence electrons. The van der Waals surface area contributed by atoms with Crippen molar-refractivity contribution >= 4 is 12.0 Å². The molecule has 16 heavy (non-hydrogen) atoms. The van der Waals surface area contributed by atoms with Crippen LogP contribution in [0.25, 0.3) is 0 Å². The Balaban J connectivity index is 2.05. The number of nitrogens with zero attached hydrogens (tertiary/aromatic N) is 1. The molecule has 2 rings (SSSR count). The van der Waals surface area contributed by atoms with Crippen molar-refractivity contribution in [3.8, 4) is 11.5 Å². The smallest absolute Gasteiger partial charge is 0.191 e. The molecule has 1 aliphatic rings. The minimum Gasteiger partial charge on any atom is -0.485 e. The highest BCUT2D eigenvalue weighted by Gasteiger charge is 2.26. The van der Waals surface area contributed by atoms with Gasteiger partial charge in [-0.1, -0.05) is 12.1 Å². The first-order valence-corrected chi connectivity index (χ1v) is 5.13. The second kappa shape index (κ2) is 4.79. The molecule has 0 fully saturated rings. The van der Waals surface area contributed by atoms with Crippen LogP contribution in [0.1, 0.15) is 6.42 Å². The number of aliphatic imine (C=N–C) groups is 1. The Morgan fingerprint density at radius 2 is 2.25 bits per heavy atom. The summed E-state index contributed by atoms with van der Waals surface area (Å²) in [6.45, 7) is 0.271. The Kier molecular flexibility index (Phi) is 3.19. The number of hydrogen-bond donors (Lipinski definition) is 0. The van der Waals surface area contributed by atoms with Gasteiger partial charge in [0.05, 0.1) is 0 Å². The van der Waals surface area contributed by atoms with E-state index in [1.54, 1.807) is 19.3 Å². The molecular formula is C12H13NO3. The summed E-state index contributed by atoms with van der Waals surface area (Å²) < 4.78 is 11.0. The number of fused-ring (bicyclic) bond motifs is 1. The number of hydrogen-bond acceptors (Lipinski definition) is 4. The van der Waals surface area contributed by atoms with Crippen molar-refractivity contribution in [3.05, 3.63) is 24.3 Å². The van der Waals surface area contributed by atoms with Crippen molar-refractivity contribution in [2.45, 2.75) is 12.5 Å². The van der Waals surface area contributed by atoms with Crippen molar-refractivity contribution in [1.82, 2.24) is 0 Å². The van der Waals surface area contributed by atoms with E-state index in [9.17, 15) is 4.79 Å². The summed E-state index contributed by atoms with van der Waals surface area (Å²) in [5.41, 5.74) is 0. The molecular weight excluding hydrogens is 206 g/mol. The summed E-state index contributed by atoms with van der Waals surface area (Å²) in [7, 11) is 1.64. The molecule has 0 spiro atoms. The molecule has 0 N–H and O–H groups in total. The largest absolute Gasteiger partial charge is 0.485 e. The van der Waals surface area contributed by atoms with Crippen LogP contribution < -0.4 is 9.47 Å². The van der Waals surface area contributed by atoms with Crippen molar-refractivity contribution in [1.29, 1.82) is 0 Å². The maximum absolute atomic E-state index is 11.7. The fourth-order valence-corrected chi connectivity index (χ4v) is 1.49. The molecule has 1 unspecified atom stereocenters. The Morgan fingerprint density at radius 3 is 3.00 bits per heavy atom. The minimum absolute atomic E-state index is 0.0138. The fraction of sp³-hybridized carbons (Fsp3) is 0.333. The summed E-state index contributed by atoms with van der Waals surface area (Å²) in [5, 5.41) is 0. The molecule has 4 heteroatoms. The number of ether oxygens (including phenoxy) is 2.